The summed E-state index contributed by atoms with van der Waals surface area (Å²) in [5.41, 5.74) is 1.30. The van der Waals surface area contributed by atoms with Crippen LogP contribution in [0.3, 0.4) is 0 Å². The maximum absolute atomic E-state index is 8.34. The van der Waals surface area contributed by atoms with Crippen molar-refractivity contribution >= 4 is 0 Å². The van der Waals surface area contributed by atoms with E-state index in [-0.39, 0.29) is 0 Å². The molecule has 1 unspecified atom stereocenters. The van der Waals surface area contributed by atoms with Crippen molar-refractivity contribution in [3.63, 3.8) is 0 Å². The van der Waals surface area contributed by atoms with Crippen LogP contribution in [0.2, 0.25) is 0 Å². The summed E-state index contributed by atoms with van der Waals surface area (Å²) >= 11 is 0. The average Bonchev–Trinajstić information content (AvgIpc) is 2.16. The number of nitriles is 1. The van der Waals surface area contributed by atoms with E-state index < -0.39 is 0 Å². The van der Waals surface area contributed by atoms with Crippen molar-refractivity contribution in [2.45, 2.75) is 58.8 Å². The fourth-order valence-electron chi connectivity index (χ4n) is 1.43. The normalized spacial score (nSPS) is 12.1. The average molecular weight is 193 g/mol. The SMILES string of the molecule is C=C(C)C(C)CCCCCCCC#N. The predicted octanol–water partition coefficient (Wildman–Crippen LogP) is 4.45. The second-order valence-corrected chi connectivity index (χ2v) is 4.21. The van der Waals surface area contributed by atoms with Gasteiger partial charge in [-0.15, -0.1) is 0 Å². The summed E-state index contributed by atoms with van der Waals surface area (Å²) in [6.45, 7) is 8.32. The monoisotopic (exact) mass is 193 g/mol. The van der Waals surface area contributed by atoms with E-state index in [9.17, 15) is 0 Å². The van der Waals surface area contributed by atoms with E-state index in [1.54, 1.807) is 0 Å². The highest BCUT2D eigenvalue weighted by Gasteiger charge is 2.01. The fraction of sp³-hybridized carbons (Fsp3) is 0.769. The lowest BCUT2D eigenvalue weighted by molar-refractivity contribution is 0.532. The minimum Gasteiger partial charge on any atom is -0.198 e. The predicted molar refractivity (Wildman–Crippen MR) is 61.9 cm³/mol. The Hall–Kier alpha value is -0.770. The molecule has 1 heteroatoms. The number of allylic oxidation sites excluding steroid dienone is 1. The highest BCUT2D eigenvalue weighted by Crippen LogP contribution is 2.16. The zero-order valence-corrected chi connectivity index (χ0v) is 9.68. The summed E-state index contributed by atoms with van der Waals surface area (Å²) in [6, 6.07) is 2.18. The molecule has 0 saturated carbocycles. The molecule has 0 aliphatic carbocycles. The zero-order chi connectivity index (χ0) is 10.8. The molecule has 0 N–H and O–H groups in total. The molecular weight excluding hydrogens is 170 g/mol. The van der Waals surface area contributed by atoms with E-state index in [1.165, 1.54) is 37.7 Å². The number of unbranched alkanes of at least 4 members (excludes halogenated alkanes) is 5. The molecule has 0 aromatic carbocycles. The lowest BCUT2D eigenvalue weighted by Crippen LogP contribution is -1.94. The first kappa shape index (κ1) is 13.2. The molecule has 0 aliphatic heterocycles. The maximum Gasteiger partial charge on any atom is 0.0621 e. The van der Waals surface area contributed by atoms with Crippen molar-refractivity contribution in [2.24, 2.45) is 5.92 Å². The van der Waals surface area contributed by atoms with Crippen LogP contribution < -0.4 is 0 Å². The second-order valence-electron chi connectivity index (χ2n) is 4.21. The van der Waals surface area contributed by atoms with Gasteiger partial charge in [-0.25, -0.2) is 0 Å². The molecule has 0 rings (SSSR count). The quantitative estimate of drug-likeness (QED) is 0.412. The molecule has 0 radical (unpaired) electrons. The van der Waals surface area contributed by atoms with Gasteiger partial charge in [0.1, 0.15) is 0 Å². The van der Waals surface area contributed by atoms with Gasteiger partial charge in [-0.05, 0) is 25.7 Å². The van der Waals surface area contributed by atoms with Crippen molar-refractivity contribution in [1.82, 2.24) is 0 Å². The highest BCUT2D eigenvalue weighted by atomic mass is 14.2. The van der Waals surface area contributed by atoms with Crippen molar-refractivity contribution in [2.75, 3.05) is 0 Å². The largest absolute Gasteiger partial charge is 0.198 e. The Kier molecular flexibility index (Phi) is 8.33. The Balaban J connectivity index is 3.14. The summed E-state index contributed by atoms with van der Waals surface area (Å²) in [6.07, 6.45) is 8.19. The second kappa shape index (κ2) is 8.81. The third-order valence-electron chi connectivity index (χ3n) is 2.77. The zero-order valence-electron chi connectivity index (χ0n) is 9.68. The molecule has 0 saturated heterocycles. The smallest absolute Gasteiger partial charge is 0.0621 e. The summed E-state index contributed by atoms with van der Waals surface area (Å²) in [7, 11) is 0. The van der Waals surface area contributed by atoms with E-state index in [4.69, 9.17) is 5.26 Å². The van der Waals surface area contributed by atoms with Gasteiger partial charge in [-0.2, -0.15) is 5.26 Å². The minimum absolute atomic E-state index is 0.675. The van der Waals surface area contributed by atoms with Gasteiger partial charge in [0, 0.05) is 6.42 Å². The maximum atomic E-state index is 8.34. The minimum atomic E-state index is 0.675. The van der Waals surface area contributed by atoms with Crippen LogP contribution in [0, 0.1) is 17.2 Å². The molecule has 0 aromatic heterocycles. The van der Waals surface area contributed by atoms with Gasteiger partial charge in [-0.1, -0.05) is 44.8 Å². The molecule has 0 fully saturated rings. The topological polar surface area (TPSA) is 23.8 Å². The molecule has 0 aliphatic rings. The molecular formula is C13H23N. The van der Waals surface area contributed by atoms with Crippen LogP contribution in [0.5, 0.6) is 0 Å². The molecule has 0 amide bonds. The Bertz CT molecular complexity index is 188. The Morgan fingerprint density at radius 1 is 1.21 bits per heavy atom. The van der Waals surface area contributed by atoms with E-state index in [2.05, 4.69) is 26.5 Å². The molecule has 0 bridgehead atoms. The van der Waals surface area contributed by atoms with Crippen molar-refractivity contribution in [3.05, 3.63) is 12.2 Å². The third-order valence-corrected chi connectivity index (χ3v) is 2.77. The summed E-state index contributed by atoms with van der Waals surface area (Å²) in [5.74, 6) is 0.675. The van der Waals surface area contributed by atoms with E-state index in [1.807, 2.05) is 0 Å². The third kappa shape index (κ3) is 7.86. The number of nitrogens with zero attached hydrogens (tertiary/aromatic N) is 1. The van der Waals surface area contributed by atoms with Crippen LogP contribution >= 0.6 is 0 Å². The Morgan fingerprint density at radius 3 is 2.36 bits per heavy atom. The summed E-state index contributed by atoms with van der Waals surface area (Å²) < 4.78 is 0. The fourth-order valence-corrected chi connectivity index (χ4v) is 1.43. The summed E-state index contributed by atoms with van der Waals surface area (Å²) in [5, 5.41) is 8.34. The molecule has 1 nitrogen and oxygen atoms in total. The van der Waals surface area contributed by atoms with Gasteiger partial charge in [-0.3, -0.25) is 0 Å². The first-order chi connectivity index (χ1) is 6.68. The van der Waals surface area contributed by atoms with Crippen molar-refractivity contribution < 1.29 is 0 Å². The first-order valence-corrected chi connectivity index (χ1v) is 5.70. The Morgan fingerprint density at radius 2 is 1.79 bits per heavy atom. The van der Waals surface area contributed by atoms with Gasteiger partial charge in [0.15, 0.2) is 0 Å². The van der Waals surface area contributed by atoms with E-state index in [0.717, 1.165) is 12.8 Å². The number of hydrogen-bond acceptors (Lipinski definition) is 1. The number of rotatable bonds is 8. The van der Waals surface area contributed by atoms with Crippen LogP contribution in [0.1, 0.15) is 58.8 Å². The van der Waals surface area contributed by atoms with E-state index >= 15 is 0 Å². The standard InChI is InChI=1S/C13H23N/c1-12(2)13(3)10-8-6-4-5-7-9-11-14/h13H,1,4-10H2,2-3H3. The molecule has 1 atom stereocenters. The summed E-state index contributed by atoms with van der Waals surface area (Å²) in [4.78, 5) is 0. The van der Waals surface area contributed by atoms with Crippen LogP contribution in [-0.4, -0.2) is 0 Å². The highest BCUT2D eigenvalue weighted by molar-refractivity contribution is 4.93. The van der Waals surface area contributed by atoms with Crippen molar-refractivity contribution in [3.8, 4) is 6.07 Å². The van der Waals surface area contributed by atoms with Gasteiger partial charge >= 0.3 is 0 Å². The van der Waals surface area contributed by atoms with Crippen LogP contribution in [0.25, 0.3) is 0 Å². The van der Waals surface area contributed by atoms with Gasteiger partial charge in [0.25, 0.3) is 0 Å². The van der Waals surface area contributed by atoms with Gasteiger partial charge in [0.05, 0.1) is 6.07 Å². The number of hydrogen-bond donors (Lipinski definition) is 0. The van der Waals surface area contributed by atoms with Crippen LogP contribution in [0.15, 0.2) is 12.2 Å². The lowest BCUT2D eigenvalue weighted by Gasteiger charge is -2.09. The molecule has 0 aromatic rings. The molecule has 0 spiro atoms. The van der Waals surface area contributed by atoms with Gasteiger partial charge in [0.2, 0.25) is 0 Å². The molecule has 0 heterocycles. The molecule has 14 heavy (non-hydrogen) atoms. The van der Waals surface area contributed by atoms with E-state index in [0.29, 0.717) is 5.92 Å². The lowest BCUT2D eigenvalue weighted by atomic mass is 9.97. The molecule has 80 valence electrons. The van der Waals surface area contributed by atoms with Crippen LogP contribution in [-0.2, 0) is 0 Å². The van der Waals surface area contributed by atoms with Crippen LogP contribution in [0.4, 0.5) is 0 Å². The first-order valence-electron chi connectivity index (χ1n) is 5.70. The van der Waals surface area contributed by atoms with Crippen molar-refractivity contribution in [1.29, 1.82) is 5.26 Å². The Labute approximate surface area is 88.8 Å². The van der Waals surface area contributed by atoms with Gasteiger partial charge < -0.3 is 0 Å².